The van der Waals surface area contributed by atoms with Crippen molar-refractivity contribution in [2.24, 2.45) is 4.99 Å². The lowest BCUT2D eigenvalue weighted by molar-refractivity contribution is -0.385. The second-order valence-corrected chi connectivity index (χ2v) is 9.87. The molecule has 0 radical (unpaired) electrons. The van der Waals surface area contributed by atoms with E-state index in [0.29, 0.717) is 32.0 Å². The summed E-state index contributed by atoms with van der Waals surface area (Å²) in [7, 11) is 2.96. The van der Waals surface area contributed by atoms with Gasteiger partial charge in [-0.1, -0.05) is 39.4 Å². The molecule has 1 N–H and O–H groups in total. The third-order valence-corrected chi connectivity index (χ3v) is 7.51. The number of nitro groups is 1. The number of nitro benzene ring substituents is 1. The molecule has 0 fully saturated rings. The number of hydrogen-bond donors (Lipinski definition) is 1. The number of aromatic nitrogens is 1. The van der Waals surface area contributed by atoms with E-state index in [0.717, 1.165) is 17.4 Å². The minimum atomic E-state index is -0.944. The number of allylic oxidation sites excluding steroid dienone is 1. The zero-order valence-corrected chi connectivity index (χ0v) is 23.1. The van der Waals surface area contributed by atoms with E-state index in [2.05, 4.69) is 20.9 Å². The first-order chi connectivity index (χ1) is 18.1. The van der Waals surface area contributed by atoms with Crippen LogP contribution in [0.3, 0.4) is 0 Å². The molecule has 1 unspecified atom stereocenters. The first kappa shape index (κ1) is 27.1. The number of nitrogens with zero attached hydrogens (tertiary/aromatic N) is 3. The maximum absolute atomic E-state index is 13.8. The molecule has 1 aliphatic rings. The van der Waals surface area contributed by atoms with Crippen molar-refractivity contribution in [3.63, 3.8) is 0 Å². The molecule has 2 aromatic carbocycles. The van der Waals surface area contributed by atoms with Gasteiger partial charge >= 0.3 is 11.7 Å². The number of ether oxygens (including phenoxy) is 3. The average molecular weight is 604 g/mol. The minimum absolute atomic E-state index is 0.0923. The Hall–Kier alpha value is -3.97. The number of rotatable bonds is 7. The number of thiazole rings is 1. The van der Waals surface area contributed by atoms with E-state index in [1.165, 1.54) is 37.0 Å². The SMILES string of the molecule is CCOC(=O)C1=C(C)N=c2sc(=Cc3cccc([N+](=O)[O-])c3O)c(=O)n2C1c1cc(OC)c(OC)cc1Br. The van der Waals surface area contributed by atoms with Crippen LogP contribution < -0.4 is 24.4 Å². The third kappa shape index (κ3) is 4.70. The van der Waals surface area contributed by atoms with E-state index in [4.69, 9.17) is 14.2 Å². The van der Waals surface area contributed by atoms with Gasteiger partial charge in [0.05, 0.1) is 47.6 Å². The van der Waals surface area contributed by atoms with Gasteiger partial charge in [-0.25, -0.2) is 9.79 Å². The maximum Gasteiger partial charge on any atom is 0.338 e. The van der Waals surface area contributed by atoms with Gasteiger partial charge in [0.15, 0.2) is 16.3 Å². The van der Waals surface area contributed by atoms with Crippen molar-refractivity contribution >= 4 is 45.0 Å². The number of carbonyl (C=O) groups is 1. The molecular formula is C25H22BrN3O8S. The van der Waals surface area contributed by atoms with Gasteiger partial charge in [0.25, 0.3) is 5.56 Å². The summed E-state index contributed by atoms with van der Waals surface area (Å²) >= 11 is 4.56. The summed E-state index contributed by atoms with van der Waals surface area (Å²) in [5, 5.41) is 21.7. The molecular weight excluding hydrogens is 582 g/mol. The quantitative estimate of drug-likeness (QED) is 0.246. The number of para-hydroxylation sites is 1. The number of aromatic hydroxyl groups is 1. The molecule has 0 spiro atoms. The van der Waals surface area contributed by atoms with E-state index in [9.17, 15) is 24.8 Å². The number of hydrogen-bond acceptors (Lipinski definition) is 10. The lowest BCUT2D eigenvalue weighted by atomic mass is 9.95. The van der Waals surface area contributed by atoms with Crippen LogP contribution in [0.5, 0.6) is 17.2 Å². The van der Waals surface area contributed by atoms with Crippen molar-refractivity contribution in [1.82, 2.24) is 4.57 Å². The fraction of sp³-hybridized carbons (Fsp3) is 0.240. The maximum atomic E-state index is 13.8. The standard InChI is InChI=1S/C25H22BrN3O8S/c1-5-37-24(32)20-12(2)27-25-28(21(20)14-10-17(35-3)18(36-4)11-15(14)26)23(31)19(38-25)9-13-7-6-8-16(22(13)30)29(33)34/h6-11,21,30H,5H2,1-4H3. The highest BCUT2D eigenvalue weighted by Crippen LogP contribution is 2.40. The highest BCUT2D eigenvalue weighted by molar-refractivity contribution is 9.10. The van der Waals surface area contributed by atoms with Gasteiger partial charge in [0, 0.05) is 16.1 Å². The second-order valence-electron chi connectivity index (χ2n) is 8.00. The summed E-state index contributed by atoms with van der Waals surface area (Å²) in [6.07, 6.45) is 1.36. The van der Waals surface area contributed by atoms with Crippen molar-refractivity contribution in [2.45, 2.75) is 19.9 Å². The molecule has 13 heteroatoms. The molecule has 2 heterocycles. The van der Waals surface area contributed by atoms with Gasteiger partial charge in [-0.05, 0) is 37.6 Å². The zero-order chi connectivity index (χ0) is 27.7. The molecule has 1 aromatic heterocycles. The highest BCUT2D eigenvalue weighted by atomic mass is 79.9. The van der Waals surface area contributed by atoms with Crippen molar-refractivity contribution in [3.8, 4) is 17.2 Å². The van der Waals surface area contributed by atoms with Crippen molar-refractivity contribution in [2.75, 3.05) is 20.8 Å². The van der Waals surface area contributed by atoms with E-state index in [1.54, 1.807) is 26.0 Å². The predicted octanol–water partition coefficient (Wildman–Crippen LogP) is 3.19. The number of phenolic OH excluding ortho intramolecular Hbond substituents is 1. The molecule has 0 amide bonds. The Morgan fingerprint density at radius 3 is 2.61 bits per heavy atom. The van der Waals surface area contributed by atoms with Crippen LogP contribution in [0, 0.1) is 10.1 Å². The van der Waals surface area contributed by atoms with Crippen LogP contribution in [0.2, 0.25) is 0 Å². The lowest BCUT2D eigenvalue weighted by Crippen LogP contribution is -2.40. The van der Waals surface area contributed by atoms with E-state index >= 15 is 0 Å². The number of carbonyl (C=O) groups excluding carboxylic acids is 1. The number of esters is 1. The largest absolute Gasteiger partial charge is 0.502 e. The van der Waals surface area contributed by atoms with Crippen molar-refractivity contribution < 1.29 is 29.0 Å². The molecule has 0 saturated heterocycles. The van der Waals surface area contributed by atoms with Gasteiger partial charge in [0.2, 0.25) is 5.75 Å². The smallest absolute Gasteiger partial charge is 0.338 e. The van der Waals surface area contributed by atoms with E-state index in [-0.39, 0.29) is 22.3 Å². The predicted molar refractivity (Wildman–Crippen MR) is 142 cm³/mol. The molecule has 0 saturated carbocycles. The number of benzene rings is 2. The van der Waals surface area contributed by atoms with E-state index < -0.39 is 33.9 Å². The Kier molecular flexibility index (Phi) is 7.69. The molecule has 1 aliphatic heterocycles. The summed E-state index contributed by atoms with van der Waals surface area (Å²) in [5.74, 6) is -0.376. The Morgan fingerprint density at radius 2 is 1.97 bits per heavy atom. The Bertz CT molecular complexity index is 1670. The van der Waals surface area contributed by atoms with Crippen molar-refractivity contribution in [1.29, 1.82) is 0 Å². The zero-order valence-electron chi connectivity index (χ0n) is 20.7. The molecule has 11 nitrogen and oxygen atoms in total. The Labute approximate surface area is 228 Å². The van der Waals surface area contributed by atoms with Gasteiger partial charge in [-0.3, -0.25) is 19.5 Å². The van der Waals surface area contributed by atoms with Gasteiger partial charge in [-0.15, -0.1) is 0 Å². The minimum Gasteiger partial charge on any atom is -0.502 e. The summed E-state index contributed by atoms with van der Waals surface area (Å²) in [6.45, 7) is 3.44. The lowest BCUT2D eigenvalue weighted by Gasteiger charge is -2.26. The van der Waals surface area contributed by atoms with Gasteiger partial charge in [0.1, 0.15) is 0 Å². The van der Waals surface area contributed by atoms with E-state index in [1.807, 2.05) is 0 Å². The molecule has 38 heavy (non-hydrogen) atoms. The molecule has 198 valence electrons. The monoisotopic (exact) mass is 603 g/mol. The third-order valence-electron chi connectivity index (χ3n) is 5.84. The average Bonchev–Trinajstić information content (AvgIpc) is 3.18. The highest BCUT2D eigenvalue weighted by Gasteiger charge is 2.35. The molecule has 4 rings (SSSR count). The number of fused-ring (bicyclic) bond motifs is 1. The summed E-state index contributed by atoms with van der Waals surface area (Å²) in [4.78, 5) is 42.2. The summed E-state index contributed by atoms with van der Waals surface area (Å²) < 4.78 is 18.2. The van der Waals surface area contributed by atoms with Crippen molar-refractivity contribution in [3.05, 3.63) is 87.0 Å². The van der Waals surface area contributed by atoms with Crippen LogP contribution in [-0.2, 0) is 9.53 Å². The second kappa shape index (κ2) is 10.8. The van der Waals surface area contributed by atoms with Crippen LogP contribution in [-0.4, -0.2) is 41.4 Å². The fourth-order valence-electron chi connectivity index (χ4n) is 4.12. The number of halogens is 1. The topological polar surface area (TPSA) is 142 Å². The molecule has 0 bridgehead atoms. The normalized spacial score (nSPS) is 15.1. The molecule has 3 aromatic rings. The van der Waals surface area contributed by atoms with Gasteiger partial charge < -0.3 is 19.3 Å². The molecule has 0 aliphatic carbocycles. The summed E-state index contributed by atoms with van der Waals surface area (Å²) in [6, 6.07) is 6.42. The van der Waals surface area contributed by atoms with Crippen LogP contribution in [0.25, 0.3) is 6.08 Å². The van der Waals surface area contributed by atoms with Crippen LogP contribution >= 0.6 is 27.3 Å². The number of phenols is 1. The number of methoxy groups -OCH3 is 2. The first-order valence-corrected chi connectivity index (χ1v) is 12.8. The first-order valence-electron chi connectivity index (χ1n) is 11.2. The van der Waals surface area contributed by atoms with Crippen LogP contribution in [0.15, 0.2) is 55.9 Å². The van der Waals surface area contributed by atoms with Gasteiger partial charge in [-0.2, -0.15) is 0 Å². The molecule has 1 atom stereocenters. The fourth-order valence-corrected chi connectivity index (χ4v) is 5.70. The Balaban J connectivity index is 2.02. The summed E-state index contributed by atoms with van der Waals surface area (Å²) in [5.41, 5.74) is 0.137. The van der Waals surface area contributed by atoms with Crippen LogP contribution in [0.1, 0.15) is 31.0 Å². The Morgan fingerprint density at radius 1 is 1.29 bits per heavy atom. The van der Waals surface area contributed by atoms with Crippen LogP contribution in [0.4, 0.5) is 5.69 Å².